The van der Waals surface area contributed by atoms with Gasteiger partial charge in [0.05, 0.1) is 0 Å². The first-order chi connectivity index (χ1) is 5.49. The normalized spacial score (nSPS) is 12.4. The van der Waals surface area contributed by atoms with Gasteiger partial charge in [0.1, 0.15) is 5.76 Å². The molecule has 0 aromatic carbocycles. The quantitative estimate of drug-likeness (QED) is 0.399. The van der Waals surface area contributed by atoms with Gasteiger partial charge in [-0.25, -0.2) is 0 Å². The summed E-state index contributed by atoms with van der Waals surface area (Å²) in [6, 6.07) is 0. The first kappa shape index (κ1) is 11.2. The van der Waals surface area contributed by atoms with Gasteiger partial charge in [-0.1, -0.05) is 34.3 Å². The van der Waals surface area contributed by atoms with E-state index in [-0.39, 0.29) is 0 Å². The zero-order valence-corrected chi connectivity index (χ0v) is 8.42. The molecule has 0 rings (SSSR count). The summed E-state index contributed by atoms with van der Waals surface area (Å²) in [5.41, 5.74) is 1.05. The molecule has 0 atom stereocenters. The highest BCUT2D eigenvalue weighted by Crippen LogP contribution is 2.15. The first-order valence-electron chi connectivity index (χ1n) is 4.26. The lowest BCUT2D eigenvalue weighted by molar-refractivity contribution is 0.191. The molecule has 70 valence electrons. The van der Waals surface area contributed by atoms with Crippen LogP contribution in [0, 0.1) is 11.8 Å². The summed E-state index contributed by atoms with van der Waals surface area (Å²) in [6.07, 6.45) is 1.91. The van der Waals surface area contributed by atoms with Gasteiger partial charge in [-0.05, 0) is 17.6 Å². The lowest BCUT2D eigenvalue weighted by Crippen LogP contribution is -2.06. The topological polar surface area (TPSA) is 35.2 Å². The Bertz CT molecular complexity index is 180. The van der Waals surface area contributed by atoms with E-state index in [1.54, 1.807) is 0 Å². The summed E-state index contributed by atoms with van der Waals surface area (Å²) in [7, 11) is 0. The lowest BCUT2D eigenvalue weighted by Gasteiger charge is -2.11. The Labute approximate surface area is 75.1 Å². The molecule has 0 aliphatic heterocycles. The maximum Gasteiger partial charge on any atom is 0.126 e. The van der Waals surface area contributed by atoms with E-state index < -0.39 is 0 Å². The second kappa shape index (κ2) is 4.99. The van der Waals surface area contributed by atoms with Crippen LogP contribution < -0.4 is 5.90 Å². The number of hydrogen-bond acceptors (Lipinski definition) is 2. The van der Waals surface area contributed by atoms with Gasteiger partial charge >= 0.3 is 0 Å². The van der Waals surface area contributed by atoms with Crippen LogP contribution in [0.2, 0.25) is 0 Å². The first-order valence-corrected chi connectivity index (χ1v) is 4.26. The van der Waals surface area contributed by atoms with Crippen molar-refractivity contribution in [3.8, 4) is 0 Å². The largest absolute Gasteiger partial charge is 0.416 e. The van der Waals surface area contributed by atoms with Gasteiger partial charge in [-0.3, -0.25) is 0 Å². The van der Waals surface area contributed by atoms with Crippen LogP contribution in [-0.4, -0.2) is 0 Å². The highest BCUT2D eigenvalue weighted by molar-refractivity contribution is 5.20. The van der Waals surface area contributed by atoms with Gasteiger partial charge in [0, 0.05) is 5.92 Å². The third-order valence-corrected chi connectivity index (χ3v) is 1.77. The Balaban J connectivity index is 4.38. The predicted octanol–water partition coefficient (Wildman–Crippen LogP) is 2.63. The van der Waals surface area contributed by atoms with Crippen molar-refractivity contribution in [3.63, 3.8) is 0 Å². The lowest BCUT2D eigenvalue weighted by atomic mass is 10.0. The molecule has 0 aliphatic rings. The van der Waals surface area contributed by atoms with E-state index in [1.165, 1.54) is 0 Å². The van der Waals surface area contributed by atoms with Crippen LogP contribution in [-0.2, 0) is 4.84 Å². The molecule has 0 aliphatic carbocycles. The van der Waals surface area contributed by atoms with Crippen molar-refractivity contribution in [2.24, 2.45) is 17.7 Å². The summed E-state index contributed by atoms with van der Waals surface area (Å²) in [5.74, 6) is 6.65. The maximum absolute atomic E-state index is 5.11. The molecule has 0 aromatic heterocycles. The molecule has 0 saturated heterocycles. The van der Waals surface area contributed by atoms with Gasteiger partial charge < -0.3 is 4.84 Å². The van der Waals surface area contributed by atoms with Crippen molar-refractivity contribution in [1.29, 1.82) is 0 Å². The summed E-state index contributed by atoms with van der Waals surface area (Å²) >= 11 is 0. The van der Waals surface area contributed by atoms with Gasteiger partial charge in [0.15, 0.2) is 0 Å². The summed E-state index contributed by atoms with van der Waals surface area (Å²) in [6.45, 7) is 12.2. The second-order valence-electron chi connectivity index (χ2n) is 3.55. The van der Waals surface area contributed by atoms with Crippen LogP contribution in [0.15, 0.2) is 24.0 Å². The van der Waals surface area contributed by atoms with Gasteiger partial charge in [0.25, 0.3) is 0 Å². The fourth-order valence-electron chi connectivity index (χ4n) is 0.686. The van der Waals surface area contributed by atoms with Crippen LogP contribution in [0.25, 0.3) is 0 Å². The molecular formula is C10H19NO. The molecule has 0 aromatic rings. The molecule has 12 heavy (non-hydrogen) atoms. The van der Waals surface area contributed by atoms with E-state index in [1.807, 2.05) is 19.9 Å². The van der Waals surface area contributed by atoms with E-state index in [0.717, 1.165) is 11.3 Å². The van der Waals surface area contributed by atoms with E-state index in [0.29, 0.717) is 11.8 Å². The fraction of sp³-hybridized carbons (Fsp3) is 0.600. The molecule has 0 fully saturated rings. The molecule has 0 bridgehead atoms. The molecule has 0 radical (unpaired) electrons. The third kappa shape index (κ3) is 3.58. The standard InChI is InChI=1S/C10H19NO/c1-7(2)9(5)6-10(12-11)8(3)4/h6-8H,5,11H2,1-4H3/b10-6-. The van der Waals surface area contributed by atoms with Crippen LogP contribution in [0.1, 0.15) is 27.7 Å². The highest BCUT2D eigenvalue weighted by Gasteiger charge is 2.05. The predicted molar refractivity (Wildman–Crippen MR) is 52.2 cm³/mol. The number of allylic oxidation sites excluding steroid dienone is 3. The molecule has 0 saturated carbocycles. The van der Waals surface area contributed by atoms with Crippen LogP contribution in [0.4, 0.5) is 0 Å². The van der Waals surface area contributed by atoms with Crippen molar-refractivity contribution in [2.45, 2.75) is 27.7 Å². The Morgan fingerprint density at radius 3 is 2.00 bits per heavy atom. The minimum atomic E-state index is 0.311. The molecular weight excluding hydrogens is 150 g/mol. The second-order valence-corrected chi connectivity index (χ2v) is 3.55. The fourth-order valence-corrected chi connectivity index (χ4v) is 0.686. The van der Waals surface area contributed by atoms with Crippen molar-refractivity contribution in [3.05, 3.63) is 24.0 Å². The van der Waals surface area contributed by atoms with Crippen LogP contribution >= 0.6 is 0 Å². The van der Waals surface area contributed by atoms with Crippen molar-refractivity contribution in [1.82, 2.24) is 0 Å². The monoisotopic (exact) mass is 169 g/mol. The molecule has 2 N–H and O–H groups in total. The van der Waals surface area contributed by atoms with Gasteiger partial charge in [0.2, 0.25) is 0 Å². The molecule has 0 spiro atoms. The van der Waals surface area contributed by atoms with E-state index in [9.17, 15) is 0 Å². The smallest absolute Gasteiger partial charge is 0.126 e. The Kier molecular flexibility index (Phi) is 4.67. The minimum absolute atomic E-state index is 0.311. The zero-order chi connectivity index (χ0) is 9.72. The van der Waals surface area contributed by atoms with Crippen molar-refractivity contribution >= 4 is 0 Å². The average molecular weight is 169 g/mol. The maximum atomic E-state index is 5.11. The van der Waals surface area contributed by atoms with Crippen LogP contribution in [0.3, 0.4) is 0 Å². The summed E-state index contributed by atoms with van der Waals surface area (Å²) in [5, 5.41) is 0. The Hall–Kier alpha value is -0.760. The van der Waals surface area contributed by atoms with E-state index >= 15 is 0 Å². The van der Waals surface area contributed by atoms with E-state index in [2.05, 4.69) is 20.4 Å². The van der Waals surface area contributed by atoms with Crippen LogP contribution in [0.5, 0.6) is 0 Å². The number of hydrogen-bond donors (Lipinski definition) is 1. The minimum Gasteiger partial charge on any atom is -0.416 e. The Morgan fingerprint density at radius 2 is 1.75 bits per heavy atom. The van der Waals surface area contributed by atoms with Crippen molar-refractivity contribution in [2.75, 3.05) is 0 Å². The summed E-state index contributed by atoms with van der Waals surface area (Å²) in [4.78, 5) is 4.73. The molecule has 2 nitrogen and oxygen atoms in total. The molecule has 2 heteroatoms. The zero-order valence-electron chi connectivity index (χ0n) is 8.42. The number of rotatable bonds is 4. The van der Waals surface area contributed by atoms with Gasteiger partial charge in [-0.15, -0.1) is 0 Å². The molecule has 0 unspecified atom stereocenters. The molecule has 0 amide bonds. The Morgan fingerprint density at radius 1 is 1.25 bits per heavy atom. The summed E-state index contributed by atoms with van der Waals surface area (Å²) < 4.78 is 0. The number of nitrogens with two attached hydrogens (primary N) is 1. The highest BCUT2D eigenvalue weighted by atomic mass is 16.6. The SMILES string of the molecule is C=C(/C=C(\ON)C(C)C)C(C)C. The van der Waals surface area contributed by atoms with Gasteiger partial charge in [-0.2, -0.15) is 5.90 Å². The van der Waals surface area contributed by atoms with Crippen molar-refractivity contribution < 1.29 is 4.84 Å². The third-order valence-electron chi connectivity index (χ3n) is 1.77. The average Bonchev–Trinajstić information content (AvgIpc) is 1.98. The van der Waals surface area contributed by atoms with E-state index in [4.69, 9.17) is 10.7 Å². The molecule has 0 heterocycles.